The Balaban J connectivity index is 0. The zero-order chi connectivity index (χ0) is 9.07. The van der Waals surface area contributed by atoms with Gasteiger partial charge < -0.3 is 6.42 Å². The molecule has 2 saturated carbocycles. The van der Waals surface area contributed by atoms with Gasteiger partial charge in [-0.3, -0.25) is 0 Å². The fourth-order valence-electron chi connectivity index (χ4n) is 1.61. The van der Waals surface area contributed by atoms with Crippen LogP contribution in [0, 0.1) is 6.42 Å². The van der Waals surface area contributed by atoms with Crippen molar-refractivity contribution in [1.82, 2.24) is 0 Å². The molecule has 2 aliphatic rings. The van der Waals surface area contributed by atoms with Gasteiger partial charge in [-0.2, -0.15) is 12.8 Å². The van der Waals surface area contributed by atoms with E-state index in [1.807, 2.05) is 0 Å². The molecule has 0 spiro atoms. The second-order valence-corrected chi connectivity index (χ2v) is 3.34. The van der Waals surface area contributed by atoms with Crippen LogP contribution in [0.5, 0.6) is 0 Å². The molecular formula is C10H19BrFeZn+2. The molecule has 0 aliphatic heterocycles. The monoisotopic (exact) mass is 338 g/mol. The molecule has 0 aromatic heterocycles. The number of rotatable bonds is 0. The number of hydrogen-bond donors (Lipinski definition) is 0. The van der Waals surface area contributed by atoms with Crippen molar-refractivity contribution < 1.29 is 33.4 Å². The SMILES string of the molecule is C1CCCC1.[CH-]1CCCC1.[Fe+2].[Zn+][Br]. The molecule has 2 aliphatic carbocycles. The van der Waals surface area contributed by atoms with Gasteiger partial charge in [-0.1, -0.05) is 44.9 Å². The van der Waals surface area contributed by atoms with Gasteiger partial charge in [0.25, 0.3) is 0 Å². The first-order valence-corrected chi connectivity index (χ1v) is 12.0. The van der Waals surface area contributed by atoms with Crippen molar-refractivity contribution >= 4 is 13.6 Å². The van der Waals surface area contributed by atoms with Crippen LogP contribution < -0.4 is 0 Å². The molecular weight excluding hydrogens is 321 g/mol. The van der Waals surface area contributed by atoms with Gasteiger partial charge in [-0.15, -0.1) is 0 Å². The van der Waals surface area contributed by atoms with E-state index in [4.69, 9.17) is 0 Å². The van der Waals surface area contributed by atoms with Gasteiger partial charge in [0.1, 0.15) is 0 Å². The zero-order valence-electron chi connectivity index (χ0n) is 8.38. The van der Waals surface area contributed by atoms with Gasteiger partial charge >= 0.3 is 47.0 Å². The Morgan fingerprint density at radius 2 is 1.00 bits per heavy atom. The normalized spacial score (nSPS) is 19.0. The summed E-state index contributed by atoms with van der Waals surface area (Å²) in [4.78, 5) is 0. The maximum atomic E-state index is 3.06. The average Bonchev–Trinajstić information content (AvgIpc) is 2.87. The molecule has 0 unspecified atom stereocenters. The molecule has 0 saturated heterocycles. The molecule has 0 atom stereocenters. The molecule has 74 valence electrons. The van der Waals surface area contributed by atoms with E-state index in [2.05, 4.69) is 20.0 Å². The molecule has 13 heavy (non-hydrogen) atoms. The van der Waals surface area contributed by atoms with Crippen LogP contribution in [0.1, 0.15) is 57.8 Å². The first-order valence-electron chi connectivity index (χ1n) is 5.08. The Morgan fingerprint density at radius 3 is 1.15 bits per heavy atom. The quantitative estimate of drug-likeness (QED) is 0.448. The molecule has 2 rings (SSSR count). The summed E-state index contributed by atoms with van der Waals surface area (Å²) in [5.74, 6) is 0. The van der Waals surface area contributed by atoms with E-state index < -0.39 is 0 Å². The third-order valence-electron chi connectivity index (χ3n) is 2.32. The second kappa shape index (κ2) is 16.1. The maximum absolute atomic E-state index is 3.06. The first kappa shape index (κ1) is 17.0. The molecule has 0 N–H and O–H groups in total. The molecule has 0 aromatic carbocycles. The predicted octanol–water partition coefficient (Wildman–Crippen LogP) is 4.56. The molecule has 0 heterocycles. The fraction of sp³-hybridized carbons (Fsp3) is 0.900. The molecule has 0 aromatic rings. The van der Waals surface area contributed by atoms with Crippen LogP contribution in [0.15, 0.2) is 0 Å². The van der Waals surface area contributed by atoms with Gasteiger partial charge in [0.15, 0.2) is 0 Å². The molecule has 0 amide bonds. The predicted molar refractivity (Wildman–Crippen MR) is 54.8 cm³/mol. The van der Waals surface area contributed by atoms with E-state index in [1.165, 1.54) is 74.1 Å². The van der Waals surface area contributed by atoms with Crippen LogP contribution in [-0.2, 0) is 33.4 Å². The fourth-order valence-corrected chi connectivity index (χ4v) is 1.61. The molecule has 0 radical (unpaired) electrons. The van der Waals surface area contributed by atoms with Crippen molar-refractivity contribution in [1.29, 1.82) is 0 Å². The van der Waals surface area contributed by atoms with E-state index in [0.717, 1.165) is 0 Å². The van der Waals surface area contributed by atoms with Crippen LogP contribution in [0.2, 0.25) is 0 Å². The number of halogens is 1. The van der Waals surface area contributed by atoms with E-state index in [0.29, 0.717) is 0 Å². The van der Waals surface area contributed by atoms with Crippen molar-refractivity contribution in [2.75, 3.05) is 0 Å². The Morgan fingerprint density at radius 1 is 0.692 bits per heavy atom. The third-order valence-corrected chi connectivity index (χ3v) is 2.32. The minimum atomic E-state index is 0. The Hall–Kier alpha value is 1.62. The van der Waals surface area contributed by atoms with E-state index in [9.17, 15) is 0 Å². The Bertz CT molecular complexity index is 48.1. The van der Waals surface area contributed by atoms with Crippen LogP contribution >= 0.6 is 13.6 Å². The van der Waals surface area contributed by atoms with E-state index >= 15 is 0 Å². The summed E-state index contributed by atoms with van der Waals surface area (Å²) in [5, 5.41) is 0. The van der Waals surface area contributed by atoms with Gasteiger partial charge in [0, 0.05) is 0 Å². The summed E-state index contributed by atoms with van der Waals surface area (Å²) in [5.41, 5.74) is 0. The van der Waals surface area contributed by atoms with Crippen molar-refractivity contribution in [3.05, 3.63) is 6.42 Å². The van der Waals surface area contributed by atoms with Crippen LogP contribution in [0.25, 0.3) is 0 Å². The molecule has 0 bridgehead atoms. The van der Waals surface area contributed by atoms with E-state index in [1.54, 1.807) is 0 Å². The number of hydrogen-bond acceptors (Lipinski definition) is 0. The van der Waals surface area contributed by atoms with Gasteiger partial charge in [-0.25, -0.2) is 0 Å². The molecule has 3 heteroatoms. The third kappa shape index (κ3) is 13.6. The summed E-state index contributed by atoms with van der Waals surface area (Å²) in [7, 11) is 0. The summed E-state index contributed by atoms with van der Waals surface area (Å²) in [6.45, 7) is 0. The molecule has 0 nitrogen and oxygen atoms in total. The minimum absolute atomic E-state index is 0. The van der Waals surface area contributed by atoms with Crippen molar-refractivity contribution in [2.24, 2.45) is 0 Å². The summed E-state index contributed by atoms with van der Waals surface area (Å²) < 4.78 is 0. The first-order chi connectivity index (χ1) is 6.00. The van der Waals surface area contributed by atoms with E-state index in [-0.39, 0.29) is 17.1 Å². The summed E-state index contributed by atoms with van der Waals surface area (Å²) in [6.07, 6.45) is 15.5. The van der Waals surface area contributed by atoms with Crippen LogP contribution in [0.3, 0.4) is 0 Å². The topological polar surface area (TPSA) is 0 Å². The zero-order valence-corrected chi connectivity index (χ0v) is 14.0. The van der Waals surface area contributed by atoms with Crippen molar-refractivity contribution in [3.63, 3.8) is 0 Å². The Kier molecular flexibility index (Phi) is 21.1. The van der Waals surface area contributed by atoms with Gasteiger partial charge in [0.2, 0.25) is 0 Å². The van der Waals surface area contributed by atoms with Gasteiger partial charge in [-0.05, 0) is 0 Å². The van der Waals surface area contributed by atoms with Crippen molar-refractivity contribution in [2.45, 2.75) is 57.8 Å². The average molecular weight is 340 g/mol. The van der Waals surface area contributed by atoms with Gasteiger partial charge in [0.05, 0.1) is 0 Å². The standard InChI is InChI=1S/C5H10.C5H9.BrH.Fe.Zn/c2*1-2-4-5-3-1;;;/h1-5H2;1H,2-5H2;1H;;/q;-1;;2*+2/p-1. The van der Waals surface area contributed by atoms with Crippen molar-refractivity contribution in [3.8, 4) is 0 Å². The van der Waals surface area contributed by atoms with Crippen LogP contribution in [0.4, 0.5) is 0 Å². The summed E-state index contributed by atoms with van der Waals surface area (Å²) in [6, 6.07) is 0. The Labute approximate surface area is 111 Å². The molecule has 2 fully saturated rings. The summed E-state index contributed by atoms with van der Waals surface area (Å²) >= 11 is 4.25. The van der Waals surface area contributed by atoms with Crippen LogP contribution in [-0.4, -0.2) is 0 Å². The second-order valence-electron chi connectivity index (χ2n) is 3.34.